The molecule has 0 aliphatic heterocycles. The van der Waals surface area contributed by atoms with E-state index in [4.69, 9.17) is 23.2 Å². The Morgan fingerprint density at radius 1 is 0.810 bits per heavy atom. The molecule has 0 saturated heterocycles. The number of aromatic nitrogens is 4. The average molecular weight is 382 g/mol. The van der Waals surface area contributed by atoms with Gasteiger partial charge in [-0.1, -0.05) is 57.3 Å². The highest BCUT2D eigenvalue weighted by Gasteiger charge is 2.17. The van der Waals surface area contributed by atoms with Crippen molar-refractivity contribution in [3.8, 4) is 22.8 Å². The molecule has 4 nitrogen and oxygen atoms in total. The Kier molecular flexibility index (Phi) is 4.14. The topological polar surface area (TPSA) is 51.6 Å². The number of hydrogen-bond acceptors (Lipinski definition) is 4. The van der Waals surface area contributed by atoms with Gasteiger partial charge in [0.1, 0.15) is 10.3 Å². The van der Waals surface area contributed by atoms with Crippen LogP contribution in [-0.2, 0) is 0 Å². The van der Waals surface area contributed by atoms with E-state index in [-0.39, 0.29) is 10.3 Å². The summed E-state index contributed by atoms with van der Waals surface area (Å²) in [7, 11) is 0. The lowest BCUT2D eigenvalue weighted by Gasteiger charge is -2.09. The molecule has 7 heteroatoms. The van der Waals surface area contributed by atoms with Gasteiger partial charge >= 0.3 is 0 Å². The molecular formula is C14H7BrCl2N4. The lowest BCUT2D eigenvalue weighted by Crippen LogP contribution is -1.98. The summed E-state index contributed by atoms with van der Waals surface area (Å²) in [5.74, 6) is 0.668. The van der Waals surface area contributed by atoms with Crippen molar-refractivity contribution in [1.29, 1.82) is 0 Å². The van der Waals surface area contributed by atoms with Crippen molar-refractivity contribution in [3.63, 3.8) is 0 Å². The molecule has 3 aromatic rings. The molecule has 0 N–H and O–H groups in total. The van der Waals surface area contributed by atoms with Crippen molar-refractivity contribution in [3.05, 3.63) is 57.5 Å². The molecule has 21 heavy (non-hydrogen) atoms. The van der Waals surface area contributed by atoms with Crippen molar-refractivity contribution in [2.45, 2.75) is 0 Å². The van der Waals surface area contributed by atoms with Crippen molar-refractivity contribution in [2.75, 3.05) is 0 Å². The van der Waals surface area contributed by atoms with E-state index in [1.165, 1.54) is 0 Å². The Hall–Kier alpha value is -1.56. The Labute approximate surface area is 139 Å². The zero-order valence-corrected chi connectivity index (χ0v) is 13.6. The molecule has 0 unspecified atom stereocenters. The second-order valence-electron chi connectivity index (χ2n) is 4.06. The molecule has 2 heterocycles. The second kappa shape index (κ2) is 6.05. The Morgan fingerprint density at radius 3 is 2.05 bits per heavy atom. The minimum absolute atomic E-state index is 0.254. The molecule has 2 aromatic heterocycles. The van der Waals surface area contributed by atoms with E-state index >= 15 is 0 Å². The van der Waals surface area contributed by atoms with Gasteiger partial charge in [-0.3, -0.25) is 0 Å². The Bertz CT molecular complexity index is 773. The SMILES string of the molecule is Clc1nc(-c2ncccn2)nc(Cl)c1-c1ccccc1Br. The fourth-order valence-electron chi connectivity index (χ4n) is 1.81. The summed E-state index contributed by atoms with van der Waals surface area (Å²) in [6.45, 7) is 0. The minimum atomic E-state index is 0.254. The molecule has 0 fully saturated rings. The van der Waals surface area contributed by atoms with Crippen LogP contribution in [0, 0.1) is 0 Å². The van der Waals surface area contributed by atoms with Gasteiger partial charge in [0.05, 0.1) is 5.56 Å². The maximum Gasteiger partial charge on any atom is 0.200 e. The maximum atomic E-state index is 6.28. The van der Waals surface area contributed by atoms with E-state index in [2.05, 4.69) is 35.9 Å². The van der Waals surface area contributed by atoms with Gasteiger partial charge < -0.3 is 0 Å². The Balaban J connectivity index is 2.16. The highest BCUT2D eigenvalue weighted by molar-refractivity contribution is 9.10. The summed E-state index contributed by atoms with van der Waals surface area (Å²) in [5, 5.41) is 0.508. The van der Waals surface area contributed by atoms with Crippen molar-refractivity contribution < 1.29 is 0 Å². The summed E-state index contributed by atoms with van der Waals surface area (Å²) in [5.41, 5.74) is 1.40. The zero-order valence-electron chi connectivity index (χ0n) is 10.5. The van der Waals surface area contributed by atoms with Gasteiger partial charge in [-0.15, -0.1) is 0 Å². The number of rotatable bonds is 2. The van der Waals surface area contributed by atoms with Crippen molar-refractivity contribution >= 4 is 39.1 Å². The molecule has 0 saturated carbocycles. The molecule has 1 aromatic carbocycles. The standard InChI is InChI=1S/C14H7BrCl2N4/c15-9-5-2-1-4-8(9)10-11(16)20-14(21-12(10)17)13-18-6-3-7-19-13/h1-7H. The molecule has 0 amide bonds. The van der Waals surface area contributed by atoms with Crippen LogP contribution in [-0.4, -0.2) is 19.9 Å². The molecule has 0 radical (unpaired) electrons. The first-order valence-electron chi connectivity index (χ1n) is 5.92. The van der Waals surface area contributed by atoms with Gasteiger partial charge in [-0.05, 0) is 12.1 Å². The lowest BCUT2D eigenvalue weighted by atomic mass is 10.1. The fraction of sp³-hybridized carbons (Fsp3) is 0. The van der Waals surface area contributed by atoms with Crippen LogP contribution >= 0.6 is 39.1 Å². The monoisotopic (exact) mass is 380 g/mol. The van der Waals surface area contributed by atoms with Gasteiger partial charge in [-0.2, -0.15) is 0 Å². The smallest absolute Gasteiger partial charge is 0.200 e. The van der Waals surface area contributed by atoms with Crippen LogP contribution in [0.15, 0.2) is 47.2 Å². The number of hydrogen-bond donors (Lipinski definition) is 0. The van der Waals surface area contributed by atoms with Crippen LogP contribution in [0.4, 0.5) is 0 Å². The summed E-state index contributed by atoms with van der Waals surface area (Å²) in [4.78, 5) is 16.7. The van der Waals surface area contributed by atoms with Crippen molar-refractivity contribution in [1.82, 2.24) is 19.9 Å². The van der Waals surface area contributed by atoms with E-state index in [9.17, 15) is 0 Å². The minimum Gasteiger partial charge on any atom is -0.234 e. The summed E-state index contributed by atoms with van der Waals surface area (Å²) in [6, 6.07) is 9.29. The Morgan fingerprint density at radius 2 is 1.43 bits per heavy atom. The van der Waals surface area contributed by atoms with Gasteiger partial charge in [-0.25, -0.2) is 19.9 Å². The fourth-order valence-corrected chi connectivity index (χ4v) is 2.88. The van der Waals surface area contributed by atoms with E-state index in [1.807, 2.05) is 24.3 Å². The third kappa shape index (κ3) is 2.90. The molecule has 104 valence electrons. The molecule has 0 aliphatic carbocycles. The second-order valence-corrected chi connectivity index (χ2v) is 5.63. The van der Waals surface area contributed by atoms with Crippen LogP contribution in [0.25, 0.3) is 22.8 Å². The molecular weight excluding hydrogens is 375 g/mol. The van der Waals surface area contributed by atoms with Crippen LogP contribution in [0.3, 0.4) is 0 Å². The number of halogens is 3. The largest absolute Gasteiger partial charge is 0.234 e. The van der Waals surface area contributed by atoms with E-state index in [0.29, 0.717) is 17.2 Å². The normalized spacial score (nSPS) is 10.6. The van der Waals surface area contributed by atoms with Crippen LogP contribution in [0.2, 0.25) is 10.3 Å². The molecule has 0 aliphatic rings. The zero-order chi connectivity index (χ0) is 14.8. The van der Waals surface area contributed by atoms with E-state index < -0.39 is 0 Å². The van der Waals surface area contributed by atoms with Crippen LogP contribution < -0.4 is 0 Å². The van der Waals surface area contributed by atoms with Gasteiger partial charge in [0.25, 0.3) is 0 Å². The first-order chi connectivity index (χ1) is 10.2. The predicted molar refractivity (Wildman–Crippen MR) is 86.2 cm³/mol. The number of benzene rings is 1. The summed E-state index contributed by atoms with van der Waals surface area (Å²) >= 11 is 16.0. The predicted octanol–water partition coefficient (Wildman–Crippen LogP) is 4.67. The molecule has 0 atom stereocenters. The first-order valence-corrected chi connectivity index (χ1v) is 7.47. The van der Waals surface area contributed by atoms with Gasteiger partial charge in [0.15, 0.2) is 5.82 Å². The highest BCUT2D eigenvalue weighted by atomic mass is 79.9. The third-order valence-corrected chi connectivity index (χ3v) is 3.97. The molecule has 3 rings (SSSR count). The average Bonchev–Trinajstić information content (AvgIpc) is 2.49. The van der Waals surface area contributed by atoms with Gasteiger partial charge in [0, 0.05) is 22.4 Å². The van der Waals surface area contributed by atoms with Crippen LogP contribution in [0.1, 0.15) is 0 Å². The first kappa shape index (κ1) is 14.4. The quantitative estimate of drug-likeness (QED) is 0.605. The van der Waals surface area contributed by atoms with Crippen molar-refractivity contribution in [2.24, 2.45) is 0 Å². The maximum absolute atomic E-state index is 6.28. The summed E-state index contributed by atoms with van der Waals surface area (Å²) in [6.07, 6.45) is 3.21. The number of nitrogens with zero attached hydrogens (tertiary/aromatic N) is 4. The van der Waals surface area contributed by atoms with E-state index in [0.717, 1.165) is 10.0 Å². The van der Waals surface area contributed by atoms with E-state index in [1.54, 1.807) is 18.5 Å². The highest BCUT2D eigenvalue weighted by Crippen LogP contribution is 2.37. The third-order valence-electron chi connectivity index (χ3n) is 2.73. The molecule has 0 spiro atoms. The molecule has 0 bridgehead atoms. The lowest BCUT2D eigenvalue weighted by molar-refractivity contribution is 1.08. The van der Waals surface area contributed by atoms with Gasteiger partial charge in [0.2, 0.25) is 5.82 Å². The summed E-state index contributed by atoms with van der Waals surface area (Å²) < 4.78 is 0.862. The van der Waals surface area contributed by atoms with Crippen LogP contribution in [0.5, 0.6) is 0 Å².